The predicted molar refractivity (Wildman–Crippen MR) is 109 cm³/mol. The summed E-state index contributed by atoms with van der Waals surface area (Å²) >= 11 is 1.13. The van der Waals surface area contributed by atoms with Gasteiger partial charge in [-0.05, 0) is 31.5 Å². The van der Waals surface area contributed by atoms with E-state index in [0.717, 1.165) is 11.3 Å². The van der Waals surface area contributed by atoms with Crippen LogP contribution in [0.2, 0.25) is 0 Å². The zero-order valence-electron chi connectivity index (χ0n) is 16.6. The second-order valence-electron chi connectivity index (χ2n) is 6.10. The van der Waals surface area contributed by atoms with Crippen molar-refractivity contribution in [2.24, 2.45) is 0 Å². The van der Waals surface area contributed by atoms with Crippen LogP contribution in [0.1, 0.15) is 48.7 Å². The molecule has 156 valence electrons. The fourth-order valence-electron chi connectivity index (χ4n) is 2.83. The van der Waals surface area contributed by atoms with Crippen LogP contribution in [0.25, 0.3) is 10.2 Å². The molecule has 2 aromatic heterocycles. The van der Waals surface area contributed by atoms with E-state index in [1.807, 2.05) is 0 Å². The maximum absolute atomic E-state index is 12.5. The summed E-state index contributed by atoms with van der Waals surface area (Å²) < 4.78 is 15.0. The third-order valence-corrected chi connectivity index (χ3v) is 5.38. The first kappa shape index (κ1) is 21.2. The van der Waals surface area contributed by atoms with E-state index in [2.05, 4.69) is 14.7 Å². The normalized spacial score (nSPS) is 10.6. The Morgan fingerprint density at radius 1 is 1.03 bits per heavy atom. The van der Waals surface area contributed by atoms with Gasteiger partial charge in [0.2, 0.25) is 0 Å². The number of carbonyl (C=O) groups is 3. The number of hydrogen-bond donors (Lipinski definition) is 1. The van der Waals surface area contributed by atoms with Crippen LogP contribution in [0.4, 0.5) is 5.82 Å². The third kappa shape index (κ3) is 4.08. The first-order chi connectivity index (χ1) is 14.4. The van der Waals surface area contributed by atoms with E-state index in [-0.39, 0.29) is 36.0 Å². The lowest BCUT2D eigenvalue weighted by Gasteiger charge is -2.08. The van der Waals surface area contributed by atoms with Crippen molar-refractivity contribution in [2.45, 2.75) is 20.5 Å². The molecule has 0 atom stereocenters. The topological polar surface area (TPSA) is 131 Å². The van der Waals surface area contributed by atoms with Crippen LogP contribution >= 0.6 is 11.3 Å². The number of rotatable bonds is 6. The molecule has 0 aliphatic heterocycles. The molecule has 0 unspecified atom stereocenters. The number of nitrogens with two attached hydrogens (primary N) is 1. The minimum Gasteiger partial charge on any atom is -0.465 e. The van der Waals surface area contributed by atoms with Gasteiger partial charge >= 0.3 is 17.9 Å². The molecule has 2 heterocycles. The number of carbonyl (C=O) groups excluding carboxylic acids is 3. The molecule has 0 saturated carbocycles. The molecule has 3 rings (SSSR count). The van der Waals surface area contributed by atoms with Gasteiger partial charge in [-0.25, -0.2) is 24.4 Å². The number of thiophene rings is 1. The first-order valence-electron chi connectivity index (χ1n) is 8.94. The van der Waals surface area contributed by atoms with Gasteiger partial charge in [0, 0.05) is 0 Å². The largest absolute Gasteiger partial charge is 0.465 e. The van der Waals surface area contributed by atoms with Crippen molar-refractivity contribution in [1.82, 2.24) is 9.97 Å². The smallest absolute Gasteiger partial charge is 0.348 e. The molecule has 0 aliphatic carbocycles. The summed E-state index contributed by atoms with van der Waals surface area (Å²) in [5.41, 5.74) is 6.84. The zero-order valence-corrected chi connectivity index (χ0v) is 17.4. The molecular weight excluding hydrogens is 410 g/mol. The molecule has 10 heteroatoms. The van der Waals surface area contributed by atoms with Crippen LogP contribution in [-0.2, 0) is 20.8 Å². The van der Waals surface area contributed by atoms with Crippen molar-refractivity contribution in [2.75, 3.05) is 19.5 Å². The Morgan fingerprint density at radius 3 is 2.33 bits per heavy atom. The van der Waals surface area contributed by atoms with Crippen molar-refractivity contribution in [3.05, 3.63) is 51.7 Å². The average molecular weight is 429 g/mol. The molecule has 0 spiro atoms. The second kappa shape index (κ2) is 8.87. The second-order valence-corrected chi connectivity index (χ2v) is 7.09. The number of ether oxygens (including phenoxy) is 3. The van der Waals surface area contributed by atoms with E-state index in [1.165, 1.54) is 19.2 Å². The van der Waals surface area contributed by atoms with Crippen LogP contribution in [0, 0.1) is 6.92 Å². The summed E-state index contributed by atoms with van der Waals surface area (Å²) in [6.07, 6.45) is 0. The number of nitrogen functional groups attached to an aromatic ring is 1. The van der Waals surface area contributed by atoms with Gasteiger partial charge < -0.3 is 19.9 Å². The highest BCUT2D eigenvalue weighted by Crippen LogP contribution is 2.33. The third-order valence-electron chi connectivity index (χ3n) is 4.21. The number of esters is 3. The highest BCUT2D eigenvalue weighted by atomic mass is 32.1. The summed E-state index contributed by atoms with van der Waals surface area (Å²) in [5, 5.41) is 0.564. The summed E-state index contributed by atoms with van der Waals surface area (Å²) in [4.78, 5) is 45.8. The SMILES string of the molecule is CCOC(=O)c1sc2nc(COC(=O)c3ccccc3C(=O)OC)nc(N)c2c1C. The van der Waals surface area contributed by atoms with Gasteiger partial charge in [0.15, 0.2) is 12.4 Å². The Balaban J connectivity index is 1.84. The van der Waals surface area contributed by atoms with Gasteiger partial charge in [-0.1, -0.05) is 12.1 Å². The fraction of sp³-hybridized carbons (Fsp3) is 0.250. The molecule has 2 N–H and O–H groups in total. The van der Waals surface area contributed by atoms with Gasteiger partial charge in [0.05, 0.1) is 30.2 Å². The van der Waals surface area contributed by atoms with Crippen LogP contribution in [0.3, 0.4) is 0 Å². The van der Waals surface area contributed by atoms with Gasteiger partial charge in [-0.2, -0.15) is 0 Å². The standard InChI is InChI=1S/C20H19N3O6S/c1-4-28-20(26)15-10(2)14-16(21)22-13(23-17(14)30-15)9-29-19(25)12-8-6-5-7-11(12)18(24)27-3/h5-8H,4,9H2,1-3H3,(H2,21,22,23). The number of aryl methyl sites for hydroxylation is 1. The molecule has 3 aromatic rings. The molecule has 30 heavy (non-hydrogen) atoms. The monoisotopic (exact) mass is 429 g/mol. The minimum absolute atomic E-state index is 0.0648. The molecule has 9 nitrogen and oxygen atoms in total. The Hall–Kier alpha value is -3.53. The number of benzene rings is 1. The number of methoxy groups -OCH3 is 1. The Kier molecular flexibility index (Phi) is 6.26. The van der Waals surface area contributed by atoms with Crippen LogP contribution < -0.4 is 5.73 Å². The van der Waals surface area contributed by atoms with Crippen molar-refractivity contribution >= 4 is 45.3 Å². The maximum Gasteiger partial charge on any atom is 0.348 e. The predicted octanol–water partition coefficient (Wildman–Crippen LogP) is 2.90. The number of aromatic nitrogens is 2. The zero-order chi connectivity index (χ0) is 21.8. The number of hydrogen-bond acceptors (Lipinski definition) is 10. The molecule has 0 fully saturated rings. The van der Waals surface area contributed by atoms with E-state index >= 15 is 0 Å². The lowest BCUT2D eigenvalue weighted by molar-refractivity contribution is 0.0448. The highest BCUT2D eigenvalue weighted by molar-refractivity contribution is 7.20. The fourth-order valence-corrected chi connectivity index (χ4v) is 3.93. The van der Waals surface area contributed by atoms with Crippen LogP contribution in [-0.4, -0.2) is 41.6 Å². The molecule has 0 bridgehead atoms. The average Bonchev–Trinajstić information content (AvgIpc) is 3.08. The van der Waals surface area contributed by atoms with E-state index in [1.54, 1.807) is 26.0 Å². The van der Waals surface area contributed by atoms with Crippen LogP contribution in [0.5, 0.6) is 0 Å². The van der Waals surface area contributed by atoms with E-state index < -0.39 is 17.9 Å². The first-order valence-corrected chi connectivity index (χ1v) is 9.76. The Labute approximate surface area is 175 Å². The quantitative estimate of drug-likeness (QED) is 0.464. The lowest BCUT2D eigenvalue weighted by atomic mass is 10.1. The van der Waals surface area contributed by atoms with E-state index in [0.29, 0.717) is 20.7 Å². The minimum atomic E-state index is -0.729. The van der Waals surface area contributed by atoms with Gasteiger partial charge in [-0.15, -0.1) is 11.3 Å². The Bertz CT molecular complexity index is 1140. The molecule has 0 aliphatic rings. The van der Waals surface area contributed by atoms with E-state index in [9.17, 15) is 14.4 Å². The number of anilines is 1. The number of nitrogens with zero attached hydrogens (tertiary/aromatic N) is 2. The van der Waals surface area contributed by atoms with Crippen molar-refractivity contribution in [3.8, 4) is 0 Å². The summed E-state index contributed by atoms with van der Waals surface area (Å²) in [7, 11) is 1.23. The van der Waals surface area contributed by atoms with E-state index in [4.69, 9.17) is 15.2 Å². The summed E-state index contributed by atoms with van der Waals surface area (Å²) in [6.45, 7) is 3.45. The summed E-state index contributed by atoms with van der Waals surface area (Å²) in [5.74, 6) is -1.49. The lowest BCUT2D eigenvalue weighted by Crippen LogP contribution is -2.13. The van der Waals surface area contributed by atoms with Crippen molar-refractivity contribution in [3.63, 3.8) is 0 Å². The van der Waals surface area contributed by atoms with Crippen molar-refractivity contribution < 1.29 is 28.6 Å². The Morgan fingerprint density at radius 2 is 1.70 bits per heavy atom. The van der Waals surface area contributed by atoms with Crippen molar-refractivity contribution in [1.29, 1.82) is 0 Å². The highest BCUT2D eigenvalue weighted by Gasteiger charge is 2.22. The van der Waals surface area contributed by atoms with Gasteiger partial charge in [0.25, 0.3) is 0 Å². The molecule has 0 saturated heterocycles. The van der Waals surface area contributed by atoms with Gasteiger partial charge in [0.1, 0.15) is 15.5 Å². The maximum atomic E-state index is 12.5. The van der Waals surface area contributed by atoms with Gasteiger partial charge in [-0.3, -0.25) is 0 Å². The molecule has 1 aromatic carbocycles. The summed E-state index contributed by atoms with van der Waals surface area (Å²) in [6, 6.07) is 6.14. The number of fused-ring (bicyclic) bond motifs is 1. The van der Waals surface area contributed by atoms with Crippen LogP contribution in [0.15, 0.2) is 24.3 Å². The molecule has 0 amide bonds. The molecule has 0 radical (unpaired) electrons. The molecular formula is C20H19N3O6S.